The molecule has 114 valence electrons. The van der Waals surface area contributed by atoms with Gasteiger partial charge in [-0.3, -0.25) is 10.1 Å². The van der Waals surface area contributed by atoms with Crippen molar-refractivity contribution in [3.8, 4) is 0 Å². The molecule has 2 rings (SSSR count). The molecule has 1 atom stereocenters. The largest absolute Gasteiger partial charge is 0.366 e. The monoisotopic (exact) mass is 310 g/mol. The SMILES string of the molecule is CC(C)C1CN/C(=C/[N+](=O)[O-])N(Cc2ccc(Cl)nc2)C1. The predicted molar refractivity (Wildman–Crippen MR) is 81.1 cm³/mol. The maximum absolute atomic E-state index is 10.8. The highest BCUT2D eigenvalue weighted by atomic mass is 35.5. The summed E-state index contributed by atoms with van der Waals surface area (Å²) in [6.07, 6.45) is 2.73. The summed E-state index contributed by atoms with van der Waals surface area (Å²) in [4.78, 5) is 16.4. The summed E-state index contributed by atoms with van der Waals surface area (Å²) >= 11 is 5.78. The van der Waals surface area contributed by atoms with Gasteiger partial charge < -0.3 is 10.2 Å². The quantitative estimate of drug-likeness (QED) is 0.525. The molecule has 0 saturated carbocycles. The number of pyridine rings is 1. The fourth-order valence-electron chi connectivity index (χ4n) is 2.34. The smallest absolute Gasteiger partial charge is 0.274 e. The van der Waals surface area contributed by atoms with Crippen LogP contribution in [0.3, 0.4) is 0 Å². The molecule has 0 aliphatic carbocycles. The fraction of sp³-hybridized carbons (Fsp3) is 0.500. The van der Waals surface area contributed by atoms with Crippen molar-refractivity contribution in [3.63, 3.8) is 0 Å². The van der Waals surface area contributed by atoms with Crippen molar-refractivity contribution in [1.82, 2.24) is 15.2 Å². The highest BCUT2D eigenvalue weighted by Gasteiger charge is 2.26. The zero-order valence-electron chi connectivity index (χ0n) is 12.1. The summed E-state index contributed by atoms with van der Waals surface area (Å²) in [7, 11) is 0. The first kappa shape index (κ1) is 15.6. The van der Waals surface area contributed by atoms with Gasteiger partial charge in [-0.1, -0.05) is 31.5 Å². The Morgan fingerprint density at radius 3 is 2.95 bits per heavy atom. The molecule has 1 saturated heterocycles. The van der Waals surface area contributed by atoms with Crippen LogP contribution in [0.2, 0.25) is 5.15 Å². The van der Waals surface area contributed by atoms with E-state index >= 15 is 0 Å². The molecule has 1 aromatic heterocycles. The Hall–Kier alpha value is -1.82. The van der Waals surface area contributed by atoms with Gasteiger partial charge in [0.15, 0.2) is 5.82 Å². The number of hydrogen-bond acceptors (Lipinski definition) is 5. The van der Waals surface area contributed by atoms with Crippen LogP contribution < -0.4 is 5.32 Å². The molecule has 2 heterocycles. The molecule has 0 amide bonds. The summed E-state index contributed by atoms with van der Waals surface area (Å²) in [5.41, 5.74) is 0.972. The van der Waals surface area contributed by atoms with Gasteiger partial charge in [0.25, 0.3) is 6.20 Å². The molecule has 6 nitrogen and oxygen atoms in total. The van der Waals surface area contributed by atoms with Crippen LogP contribution in [0, 0.1) is 22.0 Å². The number of halogens is 1. The normalized spacial score (nSPS) is 20.7. The molecule has 7 heteroatoms. The summed E-state index contributed by atoms with van der Waals surface area (Å²) in [6, 6.07) is 3.61. The van der Waals surface area contributed by atoms with Crippen LogP contribution in [-0.4, -0.2) is 27.9 Å². The molecule has 1 aromatic rings. The van der Waals surface area contributed by atoms with Gasteiger partial charge in [-0.05, 0) is 23.5 Å². The Labute approximate surface area is 129 Å². The summed E-state index contributed by atoms with van der Waals surface area (Å²) in [5.74, 6) is 1.52. The number of hydrogen-bond donors (Lipinski definition) is 1. The predicted octanol–water partition coefficient (Wildman–Crippen LogP) is 2.49. The molecule has 0 bridgehead atoms. The van der Waals surface area contributed by atoms with E-state index in [1.807, 2.05) is 11.0 Å². The van der Waals surface area contributed by atoms with Crippen molar-refractivity contribution < 1.29 is 4.92 Å². The molecule has 0 radical (unpaired) electrons. The van der Waals surface area contributed by atoms with Crippen molar-refractivity contribution >= 4 is 11.6 Å². The molecule has 0 spiro atoms. The van der Waals surface area contributed by atoms with E-state index in [1.165, 1.54) is 0 Å². The van der Waals surface area contributed by atoms with Crippen LogP contribution >= 0.6 is 11.6 Å². The Morgan fingerprint density at radius 2 is 2.38 bits per heavy atom. The van der Waals surface area contributed by atoms with Gasteiger partial charge in [-0.25, -0.2) is 4.98 Å². The lowest BCUT2D eigenvalue weighted by molar-refractivity contribution is -0.405. The van der Waals surface area contributed by atoms with Gasteiger partial charge in [0.05, 0.1) is 4.92 Å². The first-order valence-electron chi connectivity index (χ1n) is 6.90. The molecule has 1 fully saturated rings. The van der Waals surface area contributed by atoms with Crippen LogP contribution in [0.5, 0.6) is 0 Å². The van der Waals surface area contributed by atoms with Gasteiger partial charge in [0.2, 0.25) is 0 Å². The molecular weight excluding hydrogens is 292 g/mol. The number of aromatic nitrogens is 1. The maximum atomic E-state index is 10.8. The lowest BCUT2D eigenvalue weighted by Gasteiger charge is -2.37. The fourth-order valence-corrected chi connectivity index (χ4v) is 2.45. The molecule has 1 aliphatic rings. The maximum Gasteiger partial charge on any atom is 0.274 e. The van der Waals surface area contributed by atoms with Gasteiger partial charge in [-0.2, -0.15) is 0 Å². The first-order chi connectivity index (χ1) is 9.95. The molecular formula is C14H19ClN4O2. The Balaban J connectivity index is 2.16. The van der Waals surface area contributed by atoms with E-state index in [4.69, 9.17) is 11.6 Å². The zero-order chi connectivity index (χ0) is 15.4. The molecule has 1 N–H and O–H groups in total. The average molecular weight is 311 g/mol. The summed E-state index contributed by atoms with van der Waals surface area (Å²) in [6.45, 7) is 6.44. The molecule has 21 heavy (non-hydrogen) atoms. The third-order valence-corrected chi connectivity index (χ3v) is 3.90. The number of nitro groups is 1. The minimum atomic E-state index is -0.425. The Kier molecular flexibility index (Phi) is 5.01. The standard InChI is InChI=1S/C14H19ClN4O2/c1-10(2)12-6-17-14(9-19(20)21)18(8-12)7-11-3-4-13(15)16-5-11/h3-5,9-10,12,17H,6-8H2,1-2H3/b14-9-. The molecule has 0 aromatic carbocycles. The Morgan fingerprint density at radius 1 is 1.62 bits per heavy atom. The number of nitrogens with one attached hydrogen (secondary N) is 1. The van der Waals surface area contributed by atoms with E-state index in [0.29, 0.717) is 29.4 Å². The van der Waals surface area contributed by atoms with Crippen LogP contribution in [0.15, 0.2) is 30.4 Å². The highest BCUT2D eigenvalue weighted by molar-refractivity contribution is 6.29. The van der Waals surface area contributed by atoms with E-state index in [9.17, 15) is 10.1 Å². The van der Waals surface area contributed by atoms with Crippen molar-refractivity contribution in [2.75, 3.05) is 13.1 Å². The second kappa shape index (κ2) is 6.76. The van der Waals surface area contributed by atoms with E-state index in [-0.39, 0.29) is 0 Å². The number of rotatable bonds is 4. The van der Waals surface area contributed by atoms with Crippen LogP contribution in [0.1, 0.15) is 19.4 Å². The first-order valence-corrected chi connectivity index (χ1v) is 7.28. The zero-order valence-corrected chi connectivity index (χ0v) is 12.9. The summed E-state index contributed by atoms with van der Waals surface area (Å²) < 4.78 is 0. The van der Waals surface area contributed by atoms with Crippen LogP contribution in [0.25, 0.3) is 0 Å². The Bertz CT molecular complexity index is 530. The van der Waals surface area contributed by atoms with Gasteiger partial charge in [0.1, 0.15) is 5.15 Å². The lowest BCUT2D eigenvalue weighted by atomic mass is 9.93. The third-order valence-electron chi connectivity index (χ3n) is 3.67. The molecule has 1 unspecified atom stereocenters. The minimum absolute atomic E-state index is 0.425. The van der Waals surface area contributed by atoms with Gasteiger partial charge in [-0.15, -0.1) is 0 Å². The lowest BCUT2D eigenvalue weighted by Crippen LogP contribution is -2.46. The minimum Gasteiger partial charge on any atom is -0.366 e. The third kappa shape index (κ3) is 4.32. The topological polar surface area (TPSA) is 71.3 Å². The molecule has 1 aliphatic heterocycles. The van der Waals surface area contributed by atoms with E-state index in [0.717, 1.165) is 24.9 Å². The van der Waals surface area contributed by atoms with Gasteiger partial charge in [0, 0.05) is 25.8 Å². The van der Waals surface area contributed by atoms with Crippen molar-refractivity contribution in [2.45, 2.75) is 20.4 Å². The van der Waals surface area contributed by atoms with Crippen LogP contribution in [-0.2, 0) is 6.54 Å². The summed E-state index contributed by atoms with van der Waals surface area (Å²) in [5, 5.41) is 14.4. The van der Waals surface area contributed by atoms with E-state index in [2.05, 4.69) is 24.1 Å². The van der Waals surface area contributed by atoms with E-state index in [1.54, 1.807) is 12.3 Å². The van der Waals surface area contributed by atoms with Crippen LogP contribution in [0.4, 0.5) is 0 Å². The van der Waals surface area contributed by atoms with Crippen molar-refractivity contribution in [2.24, 2.45) is 11.8 Å². The number of nitrogens with zero attached hydrogens (tertiary/aromatic N) is 3. The highest BCUT2D eigenvalue weighted by Crippen LogP contribution is 2.21. The van der Waals surface area contributed by atoms with Crippen molar-refractivity contribution in [1.29, 1.82) is 0 Å². The van der Waals surface area contributed by atoms with Crippen molar-refractivity contribution in [3.05, 3.63) is 51.2 Å². The average Bonchev–Trinajstić information content (AvgIpc) is 2.42. The van der Waals surface area contributed by atoms with Gasteiger partial charge >= 0.3 is 0 Å². The second-order valence-electron chi connectivity index (χ2n) is 5.55. The second-order valence-corrected chi connectivity index (χ2v) is 5.94. The van der Waals surface area contributed by atoms with E-state index < -0.39 is 4.92 Å².